The maximum atomic E-state index is 12.6. The summed E-state index contributed by atoms with van der Waals surface area (Å²) in [6.45, 7) is 6.75. The molecule has 2 aliphatic heterocycles. The number of anilines is 1. The molecule has 31 heavy (non-hydrogen) atoms. The van der Waals surface area contributed by atoms with E-state index in [0.29, 0.717) is 49.2 Å². The summed E-state index contributed by atoms with van der Waals surface area (Å²) in [6, 6.07) is 1.63. The first-order chi connectivity index (χ1) is 14.7. The Morgan fingerprint density at radius 1 is 1.19 bits per heavy atom. The molecule has 10 heteroatoms. The van der Waals surface area contributed by atoms with Crippen LogP contribution in [0.25, 0.3) is 0 Å². The van der Waals surface area contributed by atoms with Gasteiger partial charge in [-0.1, -0.05) is 12.1 Å². The quantitative estimate of drug-likeness (QED) is 0.703. The molecule has 4 rings (SSSR count). The predicted octanol–water partition coefficient (Wildman–Crippen LogP) is 2.43. The molecule has 1 atom stereocenters. The lowest BCUT2D eigenvalue weighted by atomic mass is 9.93. The second-order valence-electron chi connectivity index (χ2n) is 8.78. The van der Waals surface area contributed by atoms with Gasteiger partial charge in [0.05, 0.1) is 17.6 Å². The van der Waals surface area contributed by atoms with Crippen molar-refractivity contribution in [1.82, 2.24) is 20.0 Å². The maximum absolute atomic E-state index is 12.6. The van der Waals surface area contributed by atoms with Crippen LogP contribution in [0, 0.1) is 12.8 Å². The molecule has 0 bridgehead atoms. The summed E-state index contributed by atoms with van der Waals surface area (Å²) in [4.78, 5) is 25.9. The fourth-order valence-electron chi connectivity index (χ4n) is 4.45. The molecule has 9 nitrogen and oxygen atoms in total. The first-order valence-electron chi connectivity index (χ1n) is 10.8. The normalized spacial score (nSPS) is 20.8. The average molecular weight is 448 g/mol. The fourth-order valence-corrected chi connectivity index (χ4v) is 5.29. The number of rotatable bonds is 4. The zero-order valence-electron chi connectivity index (χ0n) is 18.2. The molecule has 0 aliphatic carbocycles. The minimum absolute atomic E-state index is 0.0470. The van der Waals surface area contributed by atoms with Crippen LogP contribution in [0.1, 0.15) is 60.5 Å². The topological polar surface area (TPSA) is 110 Å². The average Bonchev–Trinajstić information content (AvgIpc) is 3.18. The van der Waals surface area contributed by atoms with Gasteiger partial charge in [-0.3, -0.25) is 4.79 Å². The molecule has 0 saturated carbocycles. The van der Waals surface area contributed by atoms with Gasteiger partial charge in [0.1, 0.15) is 4.90 Å². The molecule has 0 N–H and O–H groups in total. The number of hydrogen-bond donors (Lipinski definition) is 0. The minimum atomic E-state index is -3.46. The summed E-state index contributed by atoms with van der Waals surface area (Å²) in [6.07, 6.45) is 6.18. The van der Waals surface area contributed by atoms with Gasteiger partial charge < -0.3 is 14.3 Å². The summed E-state index contributed by atoms with van der Waals surface area (Å²) in [5.74, 6) is 1.16. The standard InChI is InChI=1S/C21H29N5O4S/c1-14-5-4-8-26(13-14)21-22-12-18(31(3,28)29)19(23-21)16-6-9-25(10-7-16)20(27)17-11-15(2)24-30-17/h11-12,14,16H,4-10,13H2,1-3H3/t14-/m0/s1. The molecule has 2 aliphatic rings. The van der Waals surface area contributed by atoms with Gasteiger partial charge in [0.25, 0.3) is 5.91 Å². The van der Waals surface area contributed by atoms with E-state index in [2.05, 4.69) is 22.0 Å². The molecule has 168 valence electrons. The predicted molar refractivity (Wildman–Crippen MR) is 115 cm³/mol. The van der Waals surface area contributed by atoms with E-state index in [1.54, 1.807) is 17.9 Å². The van der Waals surface area contributed by atoms with Crippen molar-refractivity contribution < 1.29 is 17.7 Å². The molecule has 0 radical (unpaired) electrons. The first-order valence-corrected chi connectivity index (χ1v) is 12.7. The Morgan fingerprint density at radius 2 is 1.94 bits per heavy atom. The summed E-state index contributed by atoms with van der Waals surface area (Å²) in [5, 5.41) is 3.78. The number of likely N-dealkylation sites (tertiary alicyclic amines) is 1. The van der Waals surface area contributed by atoms with Crippen LogP contribution in [-0.4, -0.2) is 66.8 Å². The van der Waals surface area contributed by atoms with Crippen molar-refractivity contribution in [2.75, 3.05) is 37.3 Å². The maximum Gasteiger partial charge on any atom is 0.292 e. The fraction of sp³-hybridized carbons (Fsp3) is 0.619. The monoisotopic (exact) mass is 447 g/mol. The number of hydrogen-bond acceptors (Lipinski definition) is 8. The molecular formula is C21H29N5O4S. The Morgan fingerprint density at radius 3 is 2.55 bits per heavy atom. The van der Waals surface area contributed by atoms with Gasteiger partial charge >= 0.3 is 0 Å². The van der Waals surface area contributed by atoms with Crippen LogP contribution < -0.4 is 4.90 Å². The molecule has 2 saturated heterocycles. The third kappa shape index (κ3) is 4.73. The van der Waals surface area contributed by atoms with E-state index in [9.17, 15) is 13.2 Å². The third-order valence-corrected chi connectivity index (χ3v) is 7.23. The summed E-state index contributed by atoms with van der Waals surface area (Å²) in [5.41, 5.74) is 1.24. The Bertz CT molecular complexity index is 1060. The van der Waals surface area contributed by atoms with Crippen LogP contribution in [0.3, 0.4) is 0 Å². The van der Waals surface area contributed by atoms with Crippen LogP contribution in [0.5, 0.6) is 0 Å². The molecule has 0 aromatic carbocycles. The highest BCUT2D eigenvalue weighted by molar-refractivity contribution is 7.90. The van der Waals surface area contributed by atoms with Gasteiger partial charge in [0.2, 0.25) is 11.7 Å². The largest absolute Gasteiger partial charge is 0.351 e. The van der Waals surface area contributed by atoms with Gasteiger partial charge in [0.15, 0.2) is 9.84 Å². The first kappa shape index (κ1) is 21.7. The van der Waals surface area contributed by atoms with Gasteiger partial charge in [-0.05, 0) is 38.5 Å². The van der Waals surface area contributed by atoms with Crippen LogP contribution in [0.4, 0.5) is 5.95 Å². The number of nitrogens with zero attached hydrogens (tertiary/aromatic N) is 5. The second kappa shape index (κ2) is 8.57. The zero-order valence-corrected chi connectivity index (χ0v) is 19.1. The Hall–Kier alpha value is -2.49. The zero-order chi connectivity index (χ0) is 22.2. The smallest absolute Gasteiger partial charge is 0.292 e. The number of aryl methyl sites for hydroxylation is 1. The van der Waals surface area contributed by atoms with Crippen molar-refractivity contribution in [3.63, 3.8) is 0 Å². The van der Waals surface area contributed by atoms with Crippen molar-refractivity contribution in [2.45, 2.75) is 50.3 Å². The minimum Gasteiger partial charge on any atom is -0.351 e. The van der Waals surface area contributed by atoms with Crippen LogP contribution in [-0.2, 0) is 9.84 Å². The molecule has 2 aromatic heterocycles. The van der Waals surface area contributed by atoms with E-state index >= 15 is 0 Å². The van der Waals surface area contributed by atoms with E-state index in [-0.39, 0.29) is 22.5 Å². The van der Waals surface area contributed by atoms with Gasteiger partial charge in [-0.25, -0.2) is 18.4 Å². The molecule has 4 heterocycles. The highest BCUT2D eigenvalue weighted by Gasteiger charge is 2.31. The Kier molecular flexibility index (Phi) is 6.00. The number of carbonyl (C=O) groups is 1. The van der Waals surface area contributed by atoms with Crippen LogP contribution >= 0.6 is 0 Å². The molecule has 1 amide bonds. The van der Waals surface area contributed by atoms with E-state index in [1.807, 2.05) is 0 Å². The highest BCUT2D eigenvalue weighted by Crippen LogP contribution is 2.33. The number of aromatic nitrogens is 3. The summed E-state index contributed by atoms with van der Waals surface area (Å²) in [7, 11) is -3.46. The summed E-state index contributed by atoms with van der Waals surface area (Å²) < 4.78 is 29.9. The van der Waals surface area contributed by atoms with Crippen molar-refractivity contribution in [3.8, 4) is 0 Å². The van der Waals surface area contributed by atoms with Gasteiger partial charge in [-0.15, -0.1) is 0 Å². The number of piperidine rings is 2. The summed E-state index contributed by atoms with van der Waals surface area (Å²) >= 11 is 0. The molecule has 2 aromatic rings. The Labute approximate surface area is 182 Å². The van der Waals surface area contributed by atoms with E-state index in [1.165, 1.54) is 18.9 Å². The van der Waals surface area contributed by atoms with Gasteiger partial charge in [0, 0.05) is 44.4 Å². The van der Waals surface area contributed by atoms with Crippen LogP contribution in [0.15, 0.2) is 21.7 Å². The van der Waals surface area contributed by atoms with E-state index in [0.717, 1.165) is 19.5 Å². The van der Waals surface area contributed by atoms with Crippen molar-refractivity contribution in [1.29, 1.82) is 0 Å². The number of carbonyl (C=O) groups excluding carboxylic acids is 1. The number of sulfone groups is 1. The molecule has 2 fully saturated rings. The van der Waals surface area contributed by atoms with Crippen molar-refractivity contribution in [3.05, 3.63) is 29.4 Å². The SMILES string of the molecule is Cc1cc(C(=O)N2CCC(c3nc(N4CCC[C@H](C)C4)ncc3S(C)(=O)=O)CC2)on1. The second-order valence-corrected chi connectivity index (χ2v) is 10.8. The van der Waals surface area contributed by atoms with Crippen molar-refractivity contribution in [2.24, 2.45) is 5.92 Å². The lowest BCUT2D eigenvalue weighted by Crippen LogP contribution is -2.38. The van der Waals surface area contributed by atoms with E-state index < -0.39 is 9.84 Å². The van der Waals surface area contributed by atoms with E-state index in [4.69, 9.17) is 9.51 Å². The molecule has 0 unspecified atom stereocenters. The lowest BCUT2D eigenvalue weighted by Gasteiger charge is -2.33. The molecular weight excluding hydrogens is 418 g/mol. The number of amides is 1. The van der Waals surface area contributed by atoms with Crippen LogP contribution in [0.2, 0.25) is 0 Å². The van der Waals surface area contributed by atoms with Crippen molar-refractivity contribution >= 4 is 21.7 Å². The van der Waals surface area contributed by atoms with Gasteiger partial charge in [-0.2, -0.15) is 0 Å². The third-order valence-electron chi connectivity index (χ3n) is 6.12. The lowest BCUT2D eigenvalue weighted by molar-refractivity contribution is 0.0669. The molecule has 0 spiro atoms. The highest BCUT2D eigenvalue weighted by atomic mass is 32.2. The Balaban J connectivity index is 1.55.